The average Bonchev–Trinajstić information content (AvgIpc) is 2.98. The first-order valence-corrected chi connectivity index (χ1v) is 8.68. The molecular formula is C18H15BrN4O2. The highest BCUT2D eigenvalue weighted by molar-refractivity contribution is 9.10. The van der Waals surface area contributed by atoms with Gasteiger partial charge in [-0.1, -0.05) is 6.92 Å². The number of carbonyl (C=O) groups excluding carboxylic acids is 2. The number of nitrogens with zero attached hydrogens (tertiary/aromatic N) is 1. The summed E-state index contributed by atoms with van der Waals surface area (Å²) < 4.78 is 0.792. The van der Waals surface area contributed by atoms with E-state index < -0.39 is 0 Å². The number of fused-ring (bicyclic) bond motifs is 3. The number of carbonyl (C=O) groups is 2. The minimum absolute atomic E-state index is 0.101. The molecule has 3 N–H and O–H groups in total. The molecule has 0 saturated carbocycles. The first-order chi connectivity index (χ1) is 12.0. The fourth-order valence-corrected chi connectivity index (χ4v) is 3.53. The third kappa shape index (κ3) is 2.80. The summed E-state index contributed by atoms with van der Waals surface area (Å²) >= 11 is 3.33. The highest BCUT2D eigenvalue weighted by Crippen LogP contribution is 2.32. The Labute approximate surface area is 152 Å². The van der Waals surface area contributed by atoms with E-state index in [0.29, 0.717) is 23.5 Å². The van der Waals surface area contributed by atoms with Crippen molar-refractivity contribution in [3.63, 3.8) is 0 Å². The van der Waals surface area contributed by atoms with Gasteiger partial charge < -0.3 is 15.6 Å². The van der Waals surface area contributed by atoms with Crippen molar-refractivity contribution in [1.29, 1.82) is 0 Å². The number of aromatic nitrogens is 2. The number of amides is 2. The Bertz CT molecular complexity index is 1010. The summed E-state index contributed by atoms with van der Waals surface area (Å²) in [6.45, 7) is 2.66. The molecule has 3 heterocycles. The molecule has 25 heavy (non-hydrogen) atoms. The zero-order chi connectivity index (χ0) is 17.6. The van der Waals surface area contributed by atoms with Crippen molar-refractivity contribution >= 4 is 44.3 Å². The SMILES string of the molecule is CC1CNC(=O)c2[nH]c3ccc(C(=O)Nc4cncc(Br)c4)cc3c21. The molecule has 0 spiro atoms. The number of H-pyrrole nitrogens is 1. The zero-order valence-electron chi connectivity index (χ0n) is 13.4. The molecule has 1 aromatic carbocycles. The Hall–Kier alpha value is -2.67. The van der Waals surface area contributed by atoms with Crippen molar-refractivity contribution in [2.24, 2.45) is 0 Å². The molecule has 0 fully saturated rings. The maximum absolute atomic E-state index is 12.6. The van der Waals surface area contributed by atoms with Gasteiger partial charge in [-0.25, -0.2) is 0 Å². The average molecular weight is 399 g/mol. The van der Waals surface area contributed by atoms with Gasteiger partial charge in [-0.05, 0) is 45.8 Å². The van der Waals surface area contributed by atoms with Crippen molar-refractivity contribution < 1.29 is 9.59 Å². The van der Waals surface area contributed by atoms with Gasteiger partial charge in [0.1, 0.15) is 5.69 Å². The molecule has 126 valence electrons. The molecule has 6 nitrogen and oxygen atoms in total. The van der Waals surface area contributed by atoms with E-state index in [9.17, 15) is 9.59 Å². The zero-order valence-corrected chi connectivity index (χ0v) is 15.0. The molecule has 1 aliphatic rings. The first-order valence-electron chi connectivity index (χ1n) is 7.88. The standard InChI is InChI=1S/C18H15BrN4O2/c1-9-6-21-18(25)16-15(9)13-4-10(2-3-14(13)23-16)17(24)22-12-5-11(19)7-20-8-12/h2-5,7-9,23H,6H2,1H3,(H,21,25)(H,22,24). The predicted molar refractivity (Wildman–Crippen MR) is 98.9 cm³/mol. The highest BCUT2D eigenvalue weighted by Gasteiger charge is 2.27. The number of rotatable bonds is 2. The second kappa shape index (κ2) is 6.00. The van der Waals surface area contributed by atoms with E-state index in [2.05, 4.69) is 43.5 Å². The first kappa shape index (κ1) is 15.8. The highest BCUT2D eigenvalue weighted by atomic mass is 79.9. The van der Waals surface area contributed by atoms with Crippen LogP contribution in [0.5, 0.6) is 0 Å². The summed E-state index contributed by atoms with van der Waals surface area (Å²) in [7, 11) is 0. The largest absolute Gasteiger partial charge is 0.350 e. The maximum Gasteiger partial charge on any atom is 0.268 e. The van der Waals surface area contributed by atoms with Crippen LogP contribution in [0.4, 0.5) is 5.69 Å². The molecule has 0 radical (unpaired) electrons. The van der Waals surface area contributed by atoms with Crippen LogP contribution in [-0.2, 0) is 0 Å². The van der Waals surface area contributed by atoms with Crippen LogP contribution in [0.3, 0.4) is 0 Å². The van der Waals surface area contributed by atoms with Gasteiger partial charge in [-0.3, -0.25) is 14.6 Å². The van der Waals surface area contributed by atoms with E-state index in [0.717, 1.165) is 20.9 Å². The van der Waals surface area contributed by atoms with Crippen LogP contribution in [0.15, 0.2) is 41.1 Å². The lowest BCUT2D eigenvalue weighted by Crippen LogP contribution is -2.33. The van der Waals surface area contributed by atoms with Crippen LogP contribution in [-0.4, -0.2) is 28.3 Å². The lowest BCUT2D eigenvalue weighted by Gasteiger charge is -2.19. The summed E-state index contributed by atoms with van der Waals surface area (Å²) in [6, 6.07) is 7.20. The lowest BCUT2D eigenvalue weighted by atomic mass is 9.93. The van der Waals surface area contributed by atoms with Crippen molar-refractivity contribution in [2.75, 3.05) is 11.9 Å². The van der Waals surface area contributed by atoms with E-state index in [-0.39, 0.29) is 17.7 Å². The number of hydrogen-bond donors (Lipinski definition) is 3. The number of hydrogen-bond acceptors (Lipinski definition) is 3. The topological polar surface area (TPSA) is 86.9 Å². The smallest absolute Gasteiger partial charge is 0.268 e. The molecule has 3 aromatic rings. The quantitative estimate of drug-likeness (QED) is 0.617. The second-order valence-electron chi connectivity index (χ2n) is 6.13. The molecule has 0 bridgehead atoms. The van der Waals surface area contributed by atoms with Gasteiger partial charge in [0.05, 0.1) is 11.9 Å². The van der Waals surface area contributed by atoms with Gasteiger partial charge in [0, 0.05) is 39.6 Å². The monoisotopic (exact) mass is 398 g/mol. The number of pyridine rings is 1. The Morgan fingerprint density at radius 2 is 2.16 bits per heavy atom. The molecule has 1 atom stereocenters. The van der Waals surface area contributed by atoms with Crippen molar-refractivity contribution in [3.05, 3.63) is 58.0 Å². The summed E-state index contributed by atoms with van der Waals surface area (Å²) in [5.41, 5.74) is 3.56. The van der Waals surface area contributed by atoms with Gasteiger partial charge >= 0.3 is 0 Å². The number of halogens is 1. The molecular weight excluding hydrogens is 384 g/mol. The molecule has 1 unspecified atom stereocenters. The van der Waals surface area contributed by atoms with Crippen molar-refractivity contribution in [3.8, 4) is 0 Å². The second-order valence-corrected chi connectivity index (χ2v) is 7.05. The minimum atomic E-state index is -0.218. The Morgan fingerprint density at radius 1 is 1.32 bits per heavy atom. The van der Waals surface area contributed by atoms with E-state index in [1.54, 1.807) is 24.5 Å². The fraction of sp³-hybridized carbons (Fsp3) is 0.167. The normalized spacial score (nSPS) is 16.4. The molecule has 4 rings (SSSR count). The number of aromatic amines is 1. The number of benzene rings is 1. The molecule has 2 aromatic heterocycles. The van der Waals surface area contributed by atoms with Crippen LogP contribution >= 0.6 is 15.9 Å². The summed E-state index contributed by atoms with van der Waals surface area (Å²) in [5, 5.41) is 6.61. The fourth-order valence-electron chi connectivity index (χ4n) is 3.16. The maximum atomic E-state index is 12.6. The number of nitrogens with one attached hydrogen (secondary N) is 3. The lowest BCUT2D eigenvalue weighted by molar-refractivity contribution is 0.0936. The molecule has 0 saturated heterocycles. The van der Waals surface area contributed by atoms with Crippen molar-refractivity contribution in [1.82, 2.24) is 15.3 Å². The van der Waals surface area contributed by atoms with E-state index in [4.69, 9.17) is 0 Å². The summed E-state index contributed by atoms with van der Waals surface area (Å²) in [5.74, 6) is -0.130. The van der Waals surface area contributed by atoms with Gasteiger partial charge in [0.15, 0.2) is 0 Å². The van der Waals surface area contributed by atoms with Gasteiger partial charge in [0.25, 0.3) is 11.8 Å². The Kier molecular flexibility index (Phi) is 3.80. The van der Waals surface area contributed by atoms with Gasteiger partial charge in [-0.2, -0.15) is 0 Å². The van der Waals surface area contributed by atoms with Crippen LogP contribution in [0.2, 0.25) is 0 Å². The molecule has 0 aliphatic carbocycles. The number of anilines is 1. The van der Waals surface area contributed by atoms with Crippen LogP contribution in [0, 0.1) is 0 Å². The van der Waals surface area contributed by atoms with E-state index in [1.165, 1.54) is 0 Å². The van der Waals surface area contributed by atoms with Crippen LogP contribution < -0.4 is 10.6 Å². The third-order valence-electron chi connectivity index (χ3n) is 4.35. The molecule has 1 aliphatic heterocycles. The van der Waals surface area contributed by atoms with Gasteiger partial charge in [0.2, 0.25) is 0 Å². The Morgan fingerprint density at radius 3 is 2.96 bits per heavy atom. The third-order valence-corrected chi connectivity index (χ3v) is 4.79. The van der Waals surface area contributed by atoms with Crippen LogP contribution in [0.1, 0.15) is 39.3 Å². The van der Waals surface area contributed by atoms with Crippen molar-refractivity contribution in [2.45, 2.75) is 12.8 Å². The van der Waals surface area contributed by atoms with E-state index >= 15 is 0 Å². The van der Waals surface area contributed by atoms with Gasteiger partial charge in [-0.15, -0.1) is 0 Å². The minimum Gasteiger partial charge on any atom is -0.350 e. The predicted octanol–water partition coefficient (Wildman–Crippen LogP) is 3.42. The Balaban J connectivity index is 1.72. The molecule has 7 heteroatoms. The summed E-state index contributed by atoms with van der Waals surface area (Å²) in [4.78, 5) is 31.8. The molecule has 2 amide bonds. The summed E-state index contributed by atoms with van der Waals surface area (Å²) in [6.07, 6.45) is 3.24. The van der Waals surface area contributed by atoms with Crippen LogP contribution in [0.25, 0.3) is 10.9 Å². The van der Waals surface area contributed by atoms with E-state index in [1.807, 2.05) is 12.1 Å².